The van der Waals surface area contributed by atoms with Crippen LogP contribution in [0.1, 0.15) is 22.3 Å². The van der Waals surface area contributed by atoms with E-state index in [9.17, 15) is 4.39 Å². The average Bonchev–Trinajstić information content (AvgIpc) is 3.04. The van der Waals surface area contributed by atoms with Crippen LogP contribution in [-0.4, -0.2) is 31.0 Å². The van der Waals surface area contributed by atoms with Gasteiger partial charge < -0.3 is 23.7 Å². The summed E-state index contributed by atoms with van der Waals surface area (Å²) in [5.74, 6) is 0.0619. The Morgan fingerprint density at radius 3 is 1.41 bits per heavy atom. The number of ether oxygens (including phenoxy) is 5. The second kappa shape index (κ2) is 15.3. The predicted octanol–water partition coefficient (Wildman–Crippen LogP) is 7.17. The van der Waals surface area contributed by atoms with E-state index in [4.69, 9.17) is 23.7 Å². The van der Waals surface area contributed by atoms with E-state index in [0.717, 1.165) is 22.3 Å². The van der Waals surface area contributed by atoms with Crippen LogP contribution in [0.4, 0.5) is 4.39 Å². The molecule has 4 atom stereocenters. The van der Waals surface area contributed by atoms with E-state index in [0.29, 0.717) is 26.2 Å². The first kappa shape index (κ1) is 28.7. The van der Waals surface area contributed by atoms with Crippen molar-refractivity contribution in [3.05, 3.63) is 156 Å². The minimum absolute atomic E-state index is 0.0619. The van der Waals surface area contributed by atoms with Crippen LogP contribution in [0.15, 0.2) is 133 Å². The molecule has 1 heterocycles. The zero-order valence-corrected chi connectivity index (χ0v) is 22.9. The summed E-state index contributed by atoms with van der Waals surface area (Å²) in [4.78, 5) is 0. The van der Waals surface area contributed by atoms with Crippen molar-refractivity contribution in [2.75, 3.05) is 6.61 Å². The van der Waals surface area contributed by atoms with Gasteiger partial charge in [0, 0.05) is 0 Å². The highest BCUT2D eigenvalue weighted by Crippen LogP contribution is 2.33. The van der Waals surface area contributed by atoms with Gasteiger partial charge in [0.2, 0.25) is 0 Å². The smallest absolute Gasteiger partial charge is 0.156 e. The third-order valence-corrected chi connectivity index (χ3v) is 6.90. The maximum Gasteiger partial charge on any atom is 0.156 e. The van der Waals surface area contributed by atoms with Gasteiger partial charge in [0.1, 0.15) is 24.6 Å². The zero-order chi connectivity index (χ0) is 28.1. The summed E-state index contributed by atoms with van der Waals surface area (Å²) >= 11 is 0. The number of hydrogen-bond donors (Lipinski definition) is 0. The third kappa shape index (κ3) is 8.35. The molecule has 1 saturated heterocycles. The average molecular weight is 555 g/mol. The third-order valence-electron chi connectivity index (χ3n) is 6.90. The van der Waals surface area contributed by atoms with Gasteiger partial charge >= 0.3 is 0 Å². The SMILES string of the molecule is F/C=C1/O[C@H](COCc2ccccc2)[C@@H](OCc2ccccc2)[C@H](OCc2ccccc2)[C@H]1OCc1ccccc1. The molecule has 212 valence electrons. The Kier molecular flexibility index (Phi) is 10.7. The van der Waals surface area contributed by atoms with Crippen molar-refractivity contribution in [1.29, 1.82) is 0 Å². The molecule has 5 nitrogen and oxygen atoms in total. The highest BCUT2D eigenvalue weighted by atomic mass is 19.1. The standard InChI is InChI=1S/C35H35FO5/c36-21-31-33(38-23-28-15-7-2-8-16-28)35(40-25-30-19-11-4-12-20-30)34(39-24-29-17-9-3-10-18-29)32(41-31)26-37-22-27-13-5-1-6-14-27/h1-21,32-35H,22-26H2/b31-21+/t32-,33+,34-,35-/m1/s1. The van der Waals surface area contributed by atoms with Crippen LogP contribution in [-0.2, 0) is 50.1 Å². The Labute approximate surface area is 241 Å². The summed E-state index contributed by atoms with van der Waals surface area (Å²) in [5, 5.41) is 0. The van der Waals surface area contributed by atoms with Gasteiger partial charge in [0.05, 0.1) is 33.0 Å². The van der Waals surface area contributed by atoms with Crippen molar-refractivity contribution in [3.8, 4) is 0 Å². The zero-order valence-electron chi connectivity index (χ0n) is 22.9. The van der Waals surface area contributed by atoms with Gasteiger partial charge in [-0.05, 0) is 22.3 Å². The minimum Gasteiger partial charge on any atom is -0.484 e. The lowest BCUT2D eigenvalue weighted by molar-refractivity contribution is -0.224. The Balaban J connectivity index is 1.39. The molecular weight excluding hydrogens is 519 g/mol. The van der Waals surface area contributed by atoms with Crippen LogP contribution in [0.25, 0.3) is 0 Å². The van der Waals surface area contributed by atoms with Crippen molar-refractivity contribution in [3.63, 3.8) is 0 Å². The molecule has 0 N–H and O–H groups in total. The van der Waals surface area contributed by atoms with E-state index >= 15 is 0 Å². The molecule has 4 aromatic carbocycles. The molecule has 1 aliphatic rings. The second-order valence-electron chi connectivity index (χ2n) is 9.91. The molecule has 1 fully saturated rings. The summed E-state index contributed by atoms with van der Waals surface area (Å²) in [7, 11) is 0. The fourth-order valence-corrected chi connectivity index (χ4v) is 4.79. The first-order valence-electron chi connectivity index (χ1n) is 13.9. The fraction of sp³-hybridized carbons (Fsp3) is 0.257. The molecule has 41 heavy (non-hydrogen) atoms. The van der Waals surface area contributed by atoms with Crippen LogP contribution in [0.2, 0.25) is 0 Å². The fourth-order valence-electron chi connectivity index (χ4n) is 4.79. The van der Waals surface area contributed by atoms with E-state index < -0.39 is 24.4 Å². The maximum atomic E-state index is 14.4. The normalized spacial score (nSPS) is 21.4. The van der Waals surface area contributed by atoms with Crippen LogP contribution in [0.5, 0.6) is 0 Å². The number of rotatable bonds is 13. The first-order valence-corrected chi connectivity index (χ1v) is 13.9. The largest absolute Gasteiger partial charge is 0.484 e. The van der Waals surface area contributed by atoms with Gasteiger partial charge in [0.25, 0.3) is 0 Å². The quantitative estimate of drug-likeness (QED) is 0.175. The van der Waals surface area contributed by atoms with Gasteiger partial charge in [0.15, 0.2) is 11.9 Å². The Morgan fingerprint density at radius 1 is 0.537 bits per heavy atom. The highest BCUT2D eigenvalue weighted by Gasteiger charge is 2.46. The molecule has 4 aromatic rings. The molecular formula is C35H35FO5. The van der Waals surface area contributed by atoms with Gasteiger partial charge in [-0.2, -0.15) is 0 Å². The van der Waals surface area contributed by atoms with E-state index in [1.807, 2.05) is 121 Å². The molecule has 1 aliphatic heterocycles. The molecule has 0 spiro atoms. The number of halogens is 1. The molecule has 0 aliphatic carbocycles. The number of benzene rings is 4. The Hall–Kier alpha value is -3.81. The van der Waals surface area contributed by atoms with E-state index in [1.54, 1.807) is 0 Å². The molecule has 5 rings (SSSR count). The topological polar surface area (TPSA) is 46.2 Å². The highest BCUT2D eigenvalue weighted by molar-refractivity contribution is 5.18. The van der Waals surface area contributed by atoms with E-state index in [2.05, 4.69) is 0 Å². The van der Waals surface area contributed by atoms with Gasteiger partial charge in [-0.1, -0.05) is 121 Å². The van der Waals surface area contributed by atoms with E-state index in [1.165, 1.54) is 0 Å². The monoisotopic (exact) mass is 554 g/mol. The van der Waals surface area contributed by atoms with Crippen LogP contribution >= 0.6 is 0 Å². The molecule has 0 unspecified atom stereocenters. The summed E-state index contributed by atoms with van der Waals surface area (Å²) in [6, 6.07) is 39.4. The Bertz CT molecular complexity index is 1320. The lowest BCUT2D eigenvalue weighted by atomic mass is 9.97. The molecule has 0 bridgehead atoms. The number of hydrogen-bond acceptors (Lipinski definition) is 5. The lowest BCUT2D eigenvalue weighted by Crippen LogP contribution is -2.56. The van der Waals surface area contributed by atoms with Gasteiger partial charge in [-0.3, -0.25) is 0 Å². The second-order valence-corrected chi connectivity index (χ2v) is 9.91. The molecule has 0 saturated carbocycles. The minimum atomic E-state index is -0.824. The molecule has 0 radical (unpaired) electrons. The van der Waals surface area contributed by atoms with Gasteiger partial charge in [-0.25, -0.2) is 4.39 Å². The summed E-state index contributed by atoms with van der Waals surface area (Å²) in [6.07, 6.45) is -2.24. The first-order chi connectivity index (χ1) is 20.3. The molecule has 0 aromatic heterocycles. The van der Waals surface area contributed by atoms with Crippen LogP contribution in [0, 0.1) is 0 Å². The molecule has 0 amide bonds. The van der Waals surface area contributed by atoms with Crippen LogP contribution < -0.4 is 0 Å². The lowest BCUT2D eigenvalue weighted by Gasteiger charge is -2.43. The van der Waals surface area contributed by atoms with E-state index in [-0.39, 0.29) is 19.0 Å². The Morgan fingerprint density at radius 2 is 0.951 bits per heavy atom. The summed E-state index contributed by atoms with van der Waals surface area (Å²) in [5.41, 5.74) is 3.99. The van der Waals surface area contributed by atoms with Crippen molar-refractivity contribution >= 4 is 0 Å². The maximum absolute atomic E-state index is 14.4. The van der Waals surface area contributed by atoms with Crippen molar-refractivity contribution in [1.82, 2.24) is 0 Å². The predicted molar refractivity (Wildman–Crippen MR) is 155 cm³/mol. The summed E-state index contributed by atoms with van der Waals surface area (Å²) in [6.45, 7) is 1.47. The van der Waals surface area contributed by atoms with Gasteiger partial charge in [-0.15, -0.1) is 0 Å². The van der Waals surface area contributed by atoms with Crippen molar-refractivity contribution in [2.45, 2.75) is 50.8 Å². The molecule has 6 heteroatoms. The van der Waals surface area contributed by atoms with Crippen molar-refractivity contribution < 1.29 is 28.1 Å². The van der Waals surface area contributed by atoms with Crippen molar-refractivity contribution in [2.24, 2.45) is 0 Å². The summed E-state index contributed by atoms with van der Waals surface area (Å²) < 4.78 is 46.0. The van der Waals surface area contributed by atoms with Crippen LogP contribution in [0.3, 0.4) is 0 Å².